The molecule has 0 fully saturated rings. The number of nitrogens with two attached hydrogens (primary N) is 1. The molecule has 0 aliphatic rings. The highest BCUT2D eigenvalue weighted by Crippen LogP contribution is 1.60. The molecule has 0 saturated heterocycles. The molecule has 74 valence electrons. The zero-order valence-corrected chi connectivity index (χ0v) is 5.73. The van der Waals surface area contributed by atoms with Gasteiger partial charge in [0.1, 0.15) is 5.84 Å². The highest BCUT2D eigenvalue weighted by atomic mass is 16.4. The minimum atomic E-state index is -1.35. The van der Waals surface area contributed by atoms with Crippen LogP contribution < -0.4 is 5.73 Å². The van der Waals surface area contributed by atoms with Crippen molar-refractivity contribution >= 4 is 13.0 Å². The highest BCUT2D eigenvalue weighted by Gasteiger charge is 1.92. The van der Waals surface area contributed by atoms with Gasteiger partial charge in [0.2, 0.25) is 0 Å². The molecule has 0 aromatic rings. The Morgan fingerprint density at radius 1 is 1.50 bits per heavy atom. The maximum atomic E-state index is 7.80. The van der Waals surface area contributed by atoms with Crippen molar-refractivity contribution < 1.29 is 15.3 Å². The molecule has 0 bridgehead atoms. The summed E-state index contributed by atoms with van der Waals surface area (Å²) in [4.78, 5) is 0. The minimum absolute atomic E-state index is 0. The lowest BCUT2D eigenvalue weighted by Gasteiger charge is -1.75. The molecule has 0 spiro atoms. The third-order valence-electron chi connectivity index (χ3n) is 0.369. The van der Waals surface area contributed by atoms with Crippen LogP contribution in [-0.4, -0.2) is 28.2 Å². The molecule has 6 heteroatoms. The Bertz CT molecular complexity index is 113. The van der Waals surface area contributed by atoms with E-state index in [1.54, 1.807) is 0 Å². The SMILES string of the molecule is C.C.C/C(N)=N/O.C=CB(O)O. The van der Waals surface area contributed by atoms with Crippen LogP contribution in [0.5, 0.6) is 0 Å². The van der Waals surface area contributed by atoms with Gasteiger partial charge in [-0.25, -0.2) is 0 Å². The molecule has 0 aliphatic carbocycles. The summed E-state index contributed by atoms with van der Waals surface area (Å²) in [5.41, 5.74) is 4.79. The molecule has 0 rings (SSSR count). The second-order valence-electron chi connectivity index (χ2n) is 1.39. The van der Waals surface area contributed by atoms with Gasteiger partial charge in [0.25, 0.3) is 0 Å². The van der Waals surface area contributed by atoms with Crippen LogP contribution in [0.4, 0.5) is 0 Å². The van der Waals surface area contributed by atoms with E-state index in [1.807, 2.05) is 0 Å². The topological polar surface area (TPSA) is 99.1 Å². The number of amidine groups is 1. The number of hydrogen-bond acceptors (Lipinski definition) is 4. The number of hydrogen-bond donors (Lipinski definition) is 4. The van der Waals surface area contributed by atoms with Crippen LogP contribution in [0.3, 0.4) is 0 Å². The first-order chi connectivity index (χ1) is 4.54. The van der Waals surface area contributed by atoms with Gasteiger partial charge in [0.05, 0.1) is 0 Å². The fourth-order valence-electron chi connectivity index (χ4n) is 0. The second-order valence-corrected chi connectivity index (χ2v) is 1.39. The number of nitrogens with zero attached hydrogens (tertiary/aromatic N) is 1. The Morgan fingerprint density at radius 2 is 1.67 bits per heavy atom. The molecule has 0 atom stereocenters. The Morgan fingerprint density at radius 3 is 1.67 bits per heavy atom. The molecular formula is C6H19BN2O3. The third kappa shape index (κ3) is 64.1. The van der Waals surface area contributed by atoms with Gasteiger partial charge in [0, 0.05) is 0 Å². The van der Waals surface area contributed by atoms with Gasteiger partial charge in [-0.15, -0.1) is 6.58 Å². The van der Waals surface area contributed by atoms with Gasteiger partial charge in [-0.3, -0.25) is 0 Å². The van der Waals surface area contributed by atoms with Crippen LogP contribution >= 0.6 is 0 Å². The Balaban J connectivity index is -0.0000000457. The lowest BCUT2D eigenvalue weighted by Crippen LogP contribution is -2.03. The zero-order chi connectivity index (χ0) is 8.57. The summed E-state index contributed by atoms with van der Waals surface area (Å²) in [7, 11) is -1.35. The van der Waals surface area contributed by atoms with E-state index >= 15 is 0 Å². The average Bonchev–Trinajstić information content (AvgIpc) is 1.89. The molecule has 5 N–H and O–H groups in total. The van der Waals surface area contributed by atoms with E-state index < -0.39 is 7.12 Å². The van der Waals surface area contributed by atoms with Gasteiger partial charge in [-0.05, 0) is 6.92 Å². The van der Waals surface area contributed by atoms with E-state index in [0.29, 0.717) is 0 Å². The van der Waals surface area contributed by atoms with Gasteiger partial charge in [-0.2, -0.15) is 0 Å². The molecule has 0 amide bonds. The van der Waals surface area contributed by atoms with Gasteiger partial charge in [0.15, 0.2) is 0 Å². The summed E-state index contributed by atoms with van der Waals surface area (Å²) in [5, 5.41) is 25.8. The molecule has 0 aromatic heterocycles. The van der Waals surface area contributed by atoms with Crippen LogP contribution in [0.25, 0.3) is 0 Å². The smallest absolute Gasteiger partial charge is 0.424 e. The molecule has 0 aliphatic heterocycles. The molecule has 12 heavy (non-hydrogen) atoms. The van der Waals surface area contributed by atoms with Gasteiger partial charge in [-0.1, -0.05) is 26.0 Å². The van der Waals surface area contributed by atoms with E-state index in [4.69, 9.17) is 21.0 Å². The average molecular weight is 178 g/mol. The van der Waals surface area contributed by atoms with Crippen LogP contribution in [0.15, 0.2) is 17.7 Å². The lowest BCUT2D eigenvalue weighted by atomic mass is 9.94. The van der Waals surface area contributed by atoms with Crippen LogP contribution in [0.2, 0.25) is 0 Å². The van der Waals surface area contributed by atoms with Gasteiger partial charge >= 0.3 is 7.12 Å². The maximum absolute atomic E-state index is 7.80. The summed E-state index contributed by atoms with van der Waals surface area (Å²) in [6.07, 6.45) is 0. The zero-order valence-electron chi connectivity index (χ0n) is 5.73. The van der Waals surface area contributed by atoms with Crippen molar-refractivity contribution in [1.82, 2.24) is 0 Å². The van der Waals surface area contributed by atoms with Crippen LogP contribution in [0.1, 0.15) is 21.8 Å². The molecule has 0 radical (unpaired) electrons. The summed E-state index contributed by atoms with van der Waals surface area (Å²) < 4.78 is 0. The van der Waals surface area contributed by atoms with E-state index in [9.17, 15) is 0 Å². The van der Waals surface area contributed by atoms with Crippen LogP contribution in [-0.2, 0) is 0 Å². The van der Waals surface area contributed by atoms with Crippen molar-refractivity contribution in [3.8, 4) is 0 Å². The summed E-state index contributed by atoms with van der Waals surface area (Å²) in [6.45, 7) is 4.56. The molecular weight excluding hydrogens is 159 g/mol. The third-order valence-corrected chi connectivity index (χ3v) is 0.369. The van der Waals surface area contributed by atoms with E-state index in [0.717, 1.165) is 5.98 Å². The number of rotatable bonds is 1. The summed E-state index contributed by atoms with van der Waals surface area (Å²) in [5.74, 6) is 1.21. The Kier molecular flexibility index (Phi) is 30.9. The number of oxime groups is 1. The largest absolute Gasteiger partial charge is 0.480 e. The van der Waals surface area contributed by atoms with Crippen molar-refractivity contribution in [1.29, 1.82) is 0 Å². The highest BCUT2D eigenvalue weighted by molar-refractivity contribution is 6.47. The molecule has 0 heterocycles. The van der Waals surface area contributed by atoms with E-state index in [1.165, 1.54) is 6.92 Å². The normalized spacial score (nSPS) is 7.75. The summed E-state index contributed by atoms with van der Waals surface area (Å²) >= 11 is 0. The van der Waals surface area contributed by atoms with Crippen LogP contribution in [0, 0.1) is 0 Å². The molecule has 5 nitrogen and oxygen atoms in total. The first kappa shape index (κ1) is 22.4. The Hall–Kier alpha value is -1.01. The second kappa shape index (κ2) is 16.5. The monoisotopic (exact) mass is 178 g/mol. The molecule has 0 aromatic carbocycles. The fraction of sp³-hybridized carbons (Fsp3) is 0.500. The van der Waals surface area contributed by atoms with Crippen molar-refractivity contribution in [2.75, 3.05) is 0 Å². The van der Waals surface area contributed by atoms with E-state index in [2.05, 4.69) is 11.7 Å². The van der Waals surface area contributed by atoms with Crippen molar-refractivity contribution in [3.05, 3.63) is 12.6 Å². The van der Waals surface area contributed by atoms with Crippen molar-refractivity contribution in [3.63, 3.8) is 0 Å². The minimum Gasteiger partial charge on any atom is -0.424 e. The van der Waals surface area contributed by atoms with Gasteiger partial charge < -0.3 is 21.0 Å². The summed E-state index contributed by atoms with van der Waals surface area (Å²) in [6, 6.07) is 0. The molecule has 0 saturated carbocycles. The first-order valence-electron chi connectivity index (χ1n) is 2.47. The Labute approximate surface area is 74.4 Å². The fourth-order valence-corrected chi connectivity index (χ4v) is 0. The lowest BCUT2D eigenvalue weighted by molar-refractivity contribution is 0.318. The standard InChI is InChI=1S/C2H5BO2.C2H6N2O.2CH4/c1-2-3(4)5;1-2(3)4-5;;/h2,4-5H,1H2;5H,1H3,(H2,3,4);2*1H4. The first-order valence-corrected chi connectivity index (χ1v) is 2.47. The van der Waals surface area contributed by atoms with Crippen molar-refractivity contribution in [2.24, 2.45) is 10.9 Å². The predicted octanol–water partition coefficient (Wildman–Crippen LogP) is 0.209. The quantitative estimate of drug-likeness (QED) is 0.151. The predicted molar refractivity (Wildman–Crippen MR) is 52.9 cm³/mol. The molecule has 0 unspecified atom stereocenters. The van der Waals surface area contributed by atoms with E-state index in [-0.39, 0.29) is 20.7 Å². The maximum Gasteiger partial charge on any atom is 0.480 e. The van der Waals surface area contributed by atoms with Crippen molar-refractivity contribution in [2.45, 2.75) is 21.8 Å².